The lowest BCUT2D eigenvalue weighted by Gasteiger charge is -2.37. The van der Waals surface area contributed by atoms with E-state index in [2.05, 4.69) is 10.2 Å². The number of rotatable bonds is 5. The van der Waals surface area contributed by atoms with Gasteiger partial charge < -0.3 is 10.1 Å². The summed E-state index contributed by atoms with van der Waals surface area (Å²) in [6.45, 7) is 3.12. The van der Waals surface area contributed by atoms with Crippen molar-refractivity contribution in [2.75, 3.05) is 26.7 Å². The molecule has 1 fully saturated rings. The van der Waals surface area contributed by atoms with Gasteiger partial charge in [0.1, 0.15) is 0 Å². The van der Waals surface area contributed by atoms with Crippen LogP contribution in [0.25, 0.3) is 0 Å². The Bertz CT molecular complexity index is 769. The zero-order valence-electron chi connectivity index (χ0n) is 13.9. The molecule has 132 valence electrons. The molecule has 1 saturated heterocycles. The third kappa shape index (κ3) is 3.92. The van der Waals surface area contributed by atoms with Crippen molar-refractivity contribution in [1.29, 1.82) is 0 Å². The second-order valence-corrected chi connectivity index (χ2v) is 6.38. The molecule has 0 saturated carbocycles. The van der Waals surface area contributed by atoms with Gasteiger partial charge in [-0.25, -0.2) is 0 Å². The highest BCUT2D eigenvalue weighted by Crippen LogP contribution is 2.32. The fourth-order valence-electron chi connectivity index (χ4n) is 3.20. The Balaban J connectivity index is 1.86. The van der Waals surface area contributed by atoms with E-state index >= 15 is 0 Å². The number of nitrogens with one attached hydrogen (secondary N) is 1. The largest absolute Gasteiger partial charge is 0.490 e. The van der Waals surface area contributed by atoms with Crippen LogP contribution in [0.5, 0.6) is 5.75 Å². The van der Waals surface area contributed by atoms with Crippen molar-refractivity contribution in [2.24, 2.45) is 0 Å². The molecule has 0 amide bonds. The highest BCUT2D eigenvalue weighted by Gasteiger charge is 2.26. The van der Waals surface area contributed by atoms with Crippen LogP contribution in [0.3, 0.4) is 0 Å². The minimum absolute atomic E-state index is 0.00979. The Morgan fingerprint density at radius 3 is 2.88 bits per heavy atom. The van der Waals surface area contributed by atoms with Crippen LogP contribution in [-0.2, 0) is 6.54 Å². The van der Waals surface area contributed by atoms with E-state index in [9.17, 15) is 10.1 Å². The first kappa shape index (κ1) is 17.7. The molecule has 1 unspecified atom stereocenters. The molecule has 3 rings (SSSR count). The van der Waals surface area contributed by atoms with E-state index in [4.69, 9.17) is 16.3 Å². The monoisotopic (exact) mass is 361 g/mol. The van der Waals surface area contributed by atoms with Crippen LogP contribution in [0.2, 0.25) is 5.02 Å². The molecule has 1 aliphatic heterocycles. The zero-order chi connectivity index (χ0) is 17.8. The van der Waals surface area contributed by atoms with Gasteiger partial charge in [0, 0.05) is 43.3 Å². The van der Waals surface area contributed by atoms with Gasteiger partial charge >= 0.3 is 5.69 Å². The molecule has 1 N–H and O–H groups in total. The van der Waals surface area contributed by atoms with Gasteiger partial charge in [0.25, 0.3) is 0 Å². The number of nitro benzene ring substituents is 1. The SMILES string of the molecule is COc1ccc(CN2CCNCC2c2ccccc2Cl)cc1[N+](=O)[O-]. The number of ether oxygens (including phenoxy) is 1. The van der Waals surface area contributed by atoms with Crippen molar-refractivity contribution in [1.82, 2.24) is 10.2 Å². The van der Waals surface area contributed by atoms with E-state index in [0.717, 1.165) is 35.8 Å². The summed E-state index contributed by atoms with van der Waals surface area (Å²) in [6.07, 6.45) is 0. The second kappa shape index (κ2) is 7.82. The van der Waals surface area contributed by atoms with Crippen molar-refractivity contribution >= 4 is 17.3 Å². The van der Waals surface area contributed by atoms with Gasteiger partial charge in [-0.15, -0.1) is 0 Å². The summed E-state index contributed by atoms with van der Waals surface area (Å²) in [5.74, 6) is 0.275. The standard InChI is InChI=1S/C18H20ClN3O3/c1-25-18-7-6-13(10-16(18)22(23)24)12-21-9-8-20-11-17(21)14-4-2-3-5-15(14)19/h2-7,10,17,20H,8-9,11-12H2,1H3. The molecule has 25 heavy (non-hydrogen) atoms. The first-order valence-electron chi connectivity index (χ1n) is 8.10. The van der Waals surface area contributed by atoms with Crippen molar-refractivity contribution < 1.29 is 9.66 Å². The quantitative estimate of drug-likeness (QED) is 0.653. The van der Waals surface area contributed by atoms with Crippen molar-refractivity contribution in [2.45, 2.75) is 12.6 Å². The van der Waals surface area contributed by atoms with Gasteiger partial charge in [0.15, 0.2) is 5.75 Å². The average molecular weight is 362 g/mol. The molecular weight excluding hydrogens is 342 g/mol. The third-order valence-electron chi connectivity index (χ3n) is 4.44. The molecule has 7 heteroatoms. The van der Waals surface area contributed by atoms with Crippen LogP contribution >= 0.6 is 11.6 Å². The fourth-order valence-corrected chi connectivity index (χ4v) is 3.46. The molecule has 6 nitrogen and oxygen atoms in total. The predicted molar refractivity (Wildman–Crippen MR) is 97.1 cm³/mol. The lowest BCUT2D eigenvalue weighted by Crippen LogP contribution is -2.45. The van der Waals surface area contributed by atoms with E-state index in [1.54, 1.807) is 12.1 Å². The third-order valence-corrected chi connectivity index (χ3v) is 4.79. The van der Waals surface area contributed by atoms with E-state index in [1.807, 2.05) is 30.3 Å². The maximum atomic E-state index is 11.2. The molecule has 0 aliphatic carbocycles. The summed E-state index contributed by atoms with van der Waals surface area (Å²) in [7, 11) is 1.44. The van der Waals surface area contributed by atoms with Crippen molar-refractivity contribution in [3.05, 3.63) is 68.7 Å². The number of hydrogen-bond donors (Lipinski definition) is 1. The molecule has 0 bridgehead atoms. The highest BCUT2D eigenvalue weighted by atomic mass is 35.5. The summed E-state index contributed by atoms with van der Waals surface area (Å²) >= 11 is 6.37. The van der Waals surface area contributed by atoms with Crippen LogP contribution in [0.15, 0.2) is 42.5 Å². The molecule has 2 aromatic rings. The smallest absolute Gasteiger partial charge is 0.311 e. The topological polar surface area (TPSA) is 67.6 Å². The van der Waals surface area contributed by atoms with Gasteiger partial charge in [-0.3, -0.25) is 15.0 Å². The van der Waals surface area contributed by atoms with E-state index in [0.29, 0.717) is 6.54 Å². The van der Waals surface area contributed by atoms with Crippen LogP contribution in [0.4, 0.5) is 5.69 Å². The summed E-state index contributed by atoms with van der Waals surface area (Å²) in [6, 6.07) is 13.1. The Kier molecular flexibility index (Phi) is 5.53. The van der Waals surface area contributed by atoms with Crippen LogP contribution in [0.1, 0.15) is 17.2 Å². The number of nitrogens with zero attached hydrogens (tertiary/aromatic N) is 2. The Labute approximate surface area is 151 Å². The first-order valence-corrected chi connectivity index (χ1v) is 8.48. The minimum Gasteiger partial charge on any atom is -0.490 e. The fraction of sp³-hybridized carbons (Fsp3) is 0.333. The highest BCUT2D eigenvalue weighted by molar-refractivity contribution is 6.31. The zero-order valence-corrected chi connectivity index (χ0v) is 14.7. The Morgan fingerprint density at radius 2 is 2.16 bits per heavy atom. The normalized spacial score (nSPS) is 18.1. The number of hydrogen-bond acceptors (Lipinski definition) is 5. The van der Waals surface area contributed by atoms with E-state index in [-0.39, 0.29) is 17.5 Å². The molecule has 1 heterocycles. The number of piperazine rings is 1. The first-order chi connectivity index (χ1) is 12.1. The van der Waals surface area contributed by atoms with Gasteiger partial charge in [-0.1, -0.05) is 35.9 Å². The van der Waals surface area contributed by atoms with Gasteiger partial charge in [-0.2, -0.15) is 0 Å². The van der Waals surface area contributed by atoms with Crippen LogP contribution in [0, 0.1) is 10.1 Å². The summed E-state index contributed by atoms with van der Waals surface area (Å²) in [4.78, 5) is 13.1. The van der Waals surface area contributed by atoms with Crippen LogP contribution in [-0.4, -0.2) is 36.6 Å². The van der Waals surface area contributed by atoms with Crippen molar-refractivity contribution in [3.8, 4) is 5.75 Å². The summed E-state index contributed by atoms with van der Waals surface area (Å²) in [5.41, 5.74) is 1.94. The van der Waals surface area contributed by atoms with E-state index in [1.165, 1.54) is 7.11 Å². The molecule has 1 atom stereocenters. The number of halogens is 1. The van der Waals surface area contributed by atoms with E-state index < -0.39 is 4.92 Å². The molecular formula is C18H20ClN3O3. The number of benzene rings is 2. The van der Waals surface area contributed by atoms with Gasteiger partial charge in [0.05, 0.1) is 12.0 Å². The minimum atomic E-state index is -0.411. The molecule has 0 spiro atoms. The number of nitro groups is 1. The van der Waals surface area contributed by atoms with Gasteiger partial charge in [0.2, 0.25) is 0 Å². The Hall–Kier alpha value is -2.15. The maximum Gasteiger partial charge on any atom is 0.311 e. The lowest BCUT2D eigenvalue weighted by molar-refractivity contribution is -0.385. The summed E-state index contributed by atoms with van der Waals surface area (Å²) < 4.78 is 5.08. The van der Waals surface area contributed by atoms with Crippen molar-refractivity contribution in [3.63, 3.8) is 0 Å². The second-order valence-electron chi connectivity index (χ2n) is 5.98. The Morgan fingerprint density at radius 1 is 1.36 bits per heavy atom. The number of methoxy groups -OCH3 is 1. The lowest BCUT2D eigenvalue weighted by atomic mass is 10.0. The summed E-state index contributed by atoms with van der Waals surface area (Å²) in [5, 5.41) is 15.4. The maximum absolute atomic E-state index is 11.2. The average Bonchev–Trinajstić information content (AvgIpc) is 2.63. The molecule has 0 aromatic heterocycles. The molecule has 2 aromatic carbocycles. The van der Waals surface area contributed by atoms with Gasteiger partial charge in [-0.05, 0) is 23.3 Å². The molecule has 0 radical (unpaired) electrons. The molecule has 1 aliphatic rings. The predicted octanol–water partition coefficient (Wildman–Crippen LogP) is 3.40. The van der Waals surface area contributed by atoms with Crippen LogP contribution < -0.4 is 10.1 Å².